The quantitative estimate of drug-likeness (QED) is 0.150. The first-order valence-electron chi connectivity index (χ1n) is 19.9. The molecule has 2 atom stereocenters. The van der Waals surface area contributed by atoms with E-state index in [0.29, 0.717) is 37.3 Å². The molecule has 1 N–H and O–H groups in total. The van der Waals surface area contributed by atoms with Gasteiger partial charge in [0.25, 0.3) is 22.9 Å². The van der Waals surface area contributed by atoms with E-state index in [2.05, 4.69) is 0 Å². The Hall–Kier alpha value is -7.68. The average Bonchev–Trinajstić information content (AvgIpc) is 3.32. The van der Waals surface area contributed by atoms with Crippen molar-refractivity contribution in [3.63, 3.8) is 0 Å². The van der Waals surface area contributed by atoms with E-state index in [1.165, 1.54) is 64.7 Å². The van der Waals surface area contributed by atoms with Crippen molar-refractivity contribution in [3.05, 3.63) is 233 Å². The van der Waals surface area contributed by atoms with Crippen LogP contribution in [-0.4, -0.2) is 61.6 Å². The molecular weight excluding hydrogens is 805 g/mol. The molecule has 5 aromatic carbocycles. The van der Waals surface area contributed by atoms with Crippen molar-refractivity contribution < 1.29 is 28.9 Å². The van der Waals surface area contributed by atoms with Crippen LogP contribution in [0, 0.1) is 13.8 Å². The van der Waals surface area contributed by atoms with Gasteiger partial charge in [-0.15, -0.1) is 0 Å². The van der Waals surface area contributed by atoms with E-state index in [4.69, 9.17) is 14.2 Å². The smallest absolute Gasteiger partial charge is 0.338 e. The summed E-state index contributed by atoms with van der Waals surface area (Å²) in [5, 5.41) is 12.5. The fraction of sp³-hybridized carbons (Fsp3) is 0.184. The second-order valence-electron chi connectivity index (χ2n) is 14.8. The first-order valence-corrected chi connectivity index (χ1v) is 19.9. The number of rotatable bonds is 14. The molecule has 0 unspecified atom stereocenters. The van der Waals surface area contributed by atoms with Gasteiger partial charge in [-0.2, -0.15) is 9.13 Å². The van der Waals surface area contributed by atoms with E-state index in [-0.39, 0.29) is 22.3 Å². The summed E-state index contributed by atoms with van der Waals surface area (Å²) in [5.74, 6) is -0.619. The summed E-state index contributed by atoms with van der Waals surface area (Å²) in [7, 11) is 3.07. The maximum absolute atomic E-state index is 14.4. The molecule has 7 aromatic rings. The highest BCUT2D eigenvalue weighted by Gasteiger charge is 2.42. The Labute approximate surface area is 361 Å². The highest BCUT2D eigenvalue weighted by Crippen LogP contribution is 2.43. The molecule has 0 bridgehead atoms. The molecule has 0 fully saturated rings. The van der Waals surface area contributed by atoms with Crippen molar-refractivity contribution in [2.75, 3.05) is 14.2 Å². The lowest BCUT2D eigenvalue weighted by molar-refractivity contribution is -0.113. The molecule has 7 rings (SSSR count). The monoisotopic (exact) mass is 848 g/mol. The maximum Gasteiger partial charge on any atom is 0.338 e. The topological polar surface area (TPSA) is 170 Å². The Morgan fingerprint density at radius 2 is 0.905 bits per heavy atom. The van der Waals surface area contributed by atoms with E-state index in [1.807, 2.05) is 30.3 Å². The summed E-state index contributed by atoms with van der Waals surface area (Å²) < 4.78 is 21.5. The van der Waals surface area contributed by atoms with Crippen molar-refractivity contribution in [1.82, 2.24) is 18.3 Å². The number of aliphatic hydroxyl groups is 1. The SMILES string of the molecule is COc1ccc(C(O[C@@H](Cn2cc(C)c(=O)n(C(=O)c3ccccc3)c2=O)[C@@H](O)Cn2cc(C)c(=O)n(C(=O)c3ccccc3)c2=O)(c2ccccc2)c2ccc(OC)cc2)cc1. The van der Waals surface area contributed by atoms with Gasteiger partial charge < -0.3 is 19.3 Å². The van der Waals surface area contributed by atoms with Crippen molar-refractivity contribution in [3.8, 4) is 11.5 Å². The van der Waals surface area contributed by atoms with E-state index in [1.54, 1.807) is 84.9 Å². The van der Waals surface area contributed by atoms with Gasteiger partial charge >= 0.3 is 11.4 Å². The van der Waals surface area contributed by atoms with E-state index in [0.717, 1.165) is 9.13 Å². The Morgan fingerprint density at radius 3 is 1.30 bits per heavy atom. The first kappa shape index (κ1) is 43.4. The van der Waals surface area contributed by atoms with Crippen LogP contribution in [0.2, 0.25) is 0 Å². The highest BCUT2D eigenvalue weighted by atomic mass is 16.5. The predicted octanol–water partition coefficient (Wildman–Crippen LogP) is 4.78. The number of aliphatic hydroxyl groups excluding tert-OH is 1. The van der Waals surface area contributed by atoms with Gasteiger partial charge in [0.1, 0.15) is 23.2 Å². The molecule has 0 aliphatic heterocycles. The lowest BCUT2D eigenvalue weighted by Gasteiger charge is -2.40. The fourth-order valence-electron chi connectivity index (χ4n) is 7.52. The summed E-state index contributed by atoms with van der Waals surface area (Å²) in [5.41, 5.74) is -3.26. The van der Waals surface area contributed by atoms with Gasteiger partial charge in [-0.1, -0.05) is 91.0 Å². The number of hydrogen-bond acceptors (Lipinski definition) is 10. The van der Waals surface area contributed by atoms with Gasteiger partial charge in [0, 0.05) is 34.6 Å². The van der Waals surface area contributed by atoms with Crippen LogP contribution in [0.5, 0.6) is 11.5 Å². The van der Waals surface area contributed by atoms with E-state index < -0.39 is 65.2 Å². The summed E-state index contributed by atoms with van der Waals surface area (Å²) in [4.78, 5) is 82.9. The first-order chi connectivity index (χ1) is 30.4. The van der Waals surface area contributed by atoms with Crippen LogP contribution in [0.25, 0.3) is 0 Å². The second kappa shape index (κ2) is 18.5. The van der Waals surface area contributed by atoms with Crippen LogP contribution in [-0.2, 0) is 23.4 Å². The molecule has 0 saturated carbocycles. The lowest BCUT2D eigenvalue weighted by Crippen LogP contribution is -2.51. The van der Waals surface area contributed by atoms with Gasteiger partial charge in [0.2, 0.25) is 0 Å². The zero-order chi connectivity index (χ0) is 44.8. The largest absolute Gasteiger partial charge is 0.497 e. The molecule has 0 radical (unpaired) electrons. The van der Waals surface area contributed by atoms with E-state index >= 15 is 0 Å². The van der Waals surface area contributed by atoms with Crippen LogP contribution in [0.4, 0.5) is 0 Å². The van der Waals surface area contributed by atoms with Crippen molar-refractivity contribution in [2.45, 2.75) is 44.7 Å². The van der Waals surface area contributed by atoms with Crippen molar-refractivity contribution in [1.29, 1.82) is 0 Å². The van der Waals surface area contributed by atoms with Gasteiger partial charge in [-0.05, 0) is 79.1 Å². The predicted molar refractivity (Wildman–Crippen MR) is 235 cm³/mol. The Kier molecular flexibility index (Phi) is 12.8. The third-order valence-corrected chi connectivity index (χ3v) is 10.8. The summed E-state index contributed by atoms with van der Waals surface area (Å²) >= 11 is 0. The van der Waals surface area contributed by atoms with Gasteiger partial charge in [0.05, 0.1) is 33.4 Å². The third-order valence-electron chi connectivity index (χ3n) is 10.8. The Bertz CT molecular complexity index is 2950. The third kappa shape index (κ3) is 8.62. The van der Waals surface area contributed by atoms with Crippen LogP contribution in [0.3, 0.4) is 0 Å². The number of nitrogens with zero attached hydrogens (tertiary/aromatic N) is 4. The Morgan fingerprint density at radius 1 is 0.540 bits per heavy atom. The molecule has 2 aromatic heterocycles. The number of ether oxygens (including phenoxy) is 3. The van der Waals surface area contributed by atoms with Gasteiger partial charge in [-0.25, -0.2) is 9.59 Å². The normalized spacial score (nSPS) is 12.3. The molecule has 0 saturated heterocycles. The summed E-state index contributed by atoms with van der Waals surface area (Å²) in [6, 6.07) is 39.1. The maximum atomic E-state index is 14.4. The van der Waals surface area contributed by atoms with Crippen LogP contribution in [0.15, 0.2) is 171 Å². The minimum absolute atomic E-state index is 0.0389. The standard InChI is InChI=1S/C49H44N4O10/c1-32-28-50(47(59)52(43(32)55)45(57)34-14-8-5-9-15-34)30-41(54)42(31-51-29-33(2)44(56)53(48(51)60)46(58)35-16-10-6-11-17-35)63-49(36-18-12-7-13-19-36,37-20-24-39(61-3)25-21-37)38-22-26-40(62-4)27-23-38/h5-29,41-42,54H,30-31H2,1-4H3/t41-,42-/m0/s1. The van der Waals surface area contributed by atoms with Crippen molar-refractivity contribution in [2.24, 2.45) is 0 Å². The molecule has 320 valence electrons. The number of aryl methyl sites for hydroxylation is 2. The zero-order valence-electron chi connectivity index (χ0n) is 34.9. The second-order valence-corrected chi connectivity index (χ2v) is 14.8. The number of aromatic nitrogens is 4. The molecule has 0 aliphatic rings. The Balaban J connectivity index is 1.44. The fourth-order valence-corrected chi connectivity index (χ4v) is 7.52. The molecule has 14 heteroatoms. The molecule has 0 amide bonds. The number of carbonyl (C=O) groups excluding carboxylic acids is 2. The van der Waals surface area contributed by atoms with Gasteiger partial charge in [-0.3, -0.25) is 28.3 Å². The number of hydrogen-bond donors (Lipinski definition) is 1. The average molecular weight is 849 g/mol. The van der Waals surface area contributed by atoms with Crippen LogP contribution < -0.4 is 32.0 Å². The number of benzene rings is 5. The molecule has 14 nitrogen and oxygen atoms in total. The minimum Gasteiger partial charge on any atom is -0.497 e. The number of carbonyl (C=O) groups is 2. The zero-order valence-corrected chi connectivity index (χ0v) is 34.9. The minimum atomic E-state index is -1.68. The van der Waals surface area contributed by atoms with E-state index in [9.17, 15) is 33.9 Å². The van der Waals surface area contributed by atoms with Crippen LogP contribution in [0.1, 0.15) is 48.5 Å². The molecular formula is C49H44N4O10. The molecule has 0 aliphatic carbocycles. The van der Waals surface area contributed by atoms with Gasteiger partial charge in [0.15, 0.2) is 0 Å². The highest BCUT2D eigenvalue weighted by molar-refractivity contribution is 5.96. The number of methoxy groups -OCH3 is 2. The molecule has 63 heavy (non-hydrogen) atoms. The summed E-state index contributed by atoms with van der Waals surface area (Å²) in [6.07, 6.45) is -0.618. The molecule has 0 spiro atoms. The molecule has 2 heterocycles. The van der Waals surface area contributed by atoms with Crippen molar-refractivity contribution >= 4 is 11.8 Å². The lowest BCUT2D eigenvalue weighted by atomic mass is 9.79. The summed E-state index contributed by atoms with van der Waals surface area (Å²) in [6.45, 7) is 1.88. The van der Waals surface area contributed by atoms with Crippen LogP contribution >= 0.6 is 0 Å².